The summed E-state index contributed by atoms with van der Waals surface area (Å²) in [5.74, 6) is 0. The fourth-order valence-electron chi connectivity index (χ4n) is 3.71. The van der Waals surface area contributed by atoms with Crippen molar-refractivity contribution < 1.29 is 0 Å². The zero-order valence-electron chi connectivity index (χ0n) is 11.7. The summed E-state index contributed by atoms with van der Waals surface area (Å²) in [6, 6.07) is 9.02. The van der Waals surface area contributed by atoms with Gasteiger partial charge in [-0.2, -0.15) is 0 Å². The van der Waals surface area contributed by atoms with E-state index < -0.39 is 0 Å². The van der Waals surface area contributed by atoms with Crippen LogP contribution in [0.1, 0.15) is 44.6 Å². The molecule has 1 saturated carbocycles. The van der Waals surface area contributed by atoms with Gasteiger partial charge in [0.2, 0.25) is 0 Å². The van der Waals surface area contributed by atoms with E-state index in [1.165, 1.54) is 47.8 Å². The summed E-state index contributed by atoms with van der Waals surface area (Å²) in [5.41, 5.74) is 8.47. The fourth-order valence-corrected chi connectivity index (χ4v) is 4.69. The quantitative estimate of drug-likeness (QED) is 0.855. The molecule has 0 spiro atoms. The van der Waals surface area contributed by atoms with Gasteiger partial charge in [-0.25, -0.2) is 0 Å². The Bertz CT molecular complexity index is 551. The average molecular weight is 273 g/mol. The van der Waals surface area contributed by atoms with Crippen LogP contribution in [-0.4, -0.2) is 6.04 Å². The summed E-state index contributed by atoms with van der Waals surface area (Å²) < 4.78 is 1.39. The summed E-state index contributed by atoms with van der Waals surface area (Å²) in [6.07, 6.45) is 7.66. The largest absolute Gasteiger partial charge is 0.327 e. The molecule has 1 atom stereocenters. The van der Waals surface area contributed by atoms with Crippen molar-refractivity contribution in [1.29, 1.82) is 0 Å². The van der Waals surface area contributed by atoms with E-state index in [0.717, 1.165) is 6.42 Å². The molecular weight excluding hydrogens is 250 g/mol. The first kappa shape index (κ1) is 13.1. The molecule has 1 aromatic heterocycles. The molecule has 2 N–H and O–H groups in total. The molecule has 1 aliphatic carbocycles. The van der Waals surface area contributed by atoms with Gasteiger partial charge in [0.15, 0.2) is 0 Å². The maximum Gasteiger partial charge on any atom is 0.0345 e. The van der Waals surface area contributed by atoms with E-state index in [0.29, 0.717) is 11.5 Å². The lowest BCUT2D eigenvalue weighted by molar-refractivity contribution is 0.219. The minimum absolute atomic E-state index is 0.318. The molecule has 19 heavy (non-hydrogen) atoms. The van der Waals surface area contributed by atoms with Crippen LogP contribution in [0.3, 0.4) is 0 Å². The molecule has 0 amide bonds. The first-order valence-electron chi connectivity index (χ1n) is 7.46. The number of thiophene rings is 1. The van der Waals surface area contributed by atoms with Crippen molar-refractivity contribution in [2.45, 2.75) is 51.5 Å². The fraction of sp³-hybridized carbons (Fsp3) is 0.529. The minimum Gasteiger partial charge on any atom is -0.327 e. The van der Waals surface area contributed by atoms with Crippen molar-refractivity contribution in [3.8, 4) is 0 Å². The number of rotatable bonds is 4. The van der Waals surface area contributed by atoms with E-state index >= 15 is 0 Å². The van der Waals surface area contributed by atoms with Gasteiger partial charge in [0, 0.05) is 10.7 Å². The van der Waals surface area contributed by atoms with Gasteiger partial charge in [-0.05, 0) is 53.5 Å². The lowest BCUT2D eigenvalue weighted by Gasteiger charge is -2.34. The van der Waals surface area contributed by atoms with Crippen LogP contribution in [0.4, 0.5) is 0 Å². The van der Waals surface area contributed by atoms with Gasteiger partial charge in [-0.15, -0.1) is 11.3 Å². The number of benzene rings is 1. The van der Waals surface area contributed by atoms with Crippen molar-refractivity contribution in [3.05, 3.63) is 35.2 Å². The first-order chi connectivity index (χ1) is 9.25. The summed E-state index contributed by atoms with van der Waals surface area (Å²) in [6.45, 7) is 2.32. The van der Waals surface area contributed by atoms with Gasteiger partial charge in [0.25, 0.3) is 0 Å². The second kappa shape index (κ2) is 5.26. The maximum absolute atomic E-state index is 6.61. The van der Waals surface area contributed by atoms with E-state index in [1.807, 2.05) is 11.3 Å². The molecule has 0 bridgehead atoms. The Labute approximate surface area is 119 Å². The highest BCUT2D eigenvalue weighted by molar-refractivity contribution is 7.17. The third-order valence-electron chi connectivity index (χ3n) is 5.09. The van der Waals surface area contributed by atoms with E-state index in [4.69, 9.17) is 5.73 Å². The highest BCUT2D eigenvalue weighted by Crippen LogP contribution is 2.44. The Kier molecular flexibility index (Phi) is 3.64. The smallest absolute Gasteiger partial charge is 0.0345 e. The topological polar surface area (TPSA) is 26.0 Å². The number of nitrogens with two attached hydrogens (primary N) is 1. The van der Waals surface area contributed by atoms with E-state index in [-0.39, 0.29) is 0 Å². The molecule has 2 aromatic rings. The molecule has 0 saturated heterocycles. The van der Waals surface area contributed by atoms with Crippen LogP contribution in [0.2, 0.25) is 0 Å². The van der Waals surface area contributed by atoms with Crippen LogP contribution in [0.25, 0.3) is 10.1 Å². The lowest BCUT2D eigenvalue weighted by atomic mass is 9.74. The van der Waals surface area contributed by atoms with Crippen molar-refractivity contribution in [2.24, 2.45) is 11.1 Å². The number of hydrogen-bond acceptors (Lipinski definition) is 2. The van der Waals surface area contributed by atoms with Gasteiger partial charge in [-0.1, -0.05) is 38.0 Å². The zero-order chi connectivity index (χ0) is 13.3. The second-order valence-electron chi connectivity index (χ2n) is 5.99. The normalized spacial score (nSPS) is 19.9. The van der Waals surface area contributed by atoms with Crippen LogP contribution in [0.5, 0.6) is 0 Å². The SMILES string of the molecule is CCC1(C(N)Cc2csc3ccccc23)CCCC1. The third-order valence-corrected chi connectivity index (χ3v) is 6.10. The van der Waals surface area contributed by atoms with Crippen LogP contribution in [-0.2, 0) is 6.42 Å². The Hall–Kier alpha value is -0.860. The Morgan fingerprint density at radius 1 is 1.26 bits per heavy atom. The molecule has 1 fully saturated rings. The highest BCUT2D eigenvalue weighted by atomic mass is 32.1. The van der Waals surface area contributed by atoms with Crippen LogP contribution in [0.15, 0.2) is 29.6 Å². The molecule has 0 radical (unpaired) electrons. The van der Waals surface area contributed by atoms with Crippen LogP contribution < -0.4 is 5.73 Å². The number of fused-ring (bicyclic) bond motifs is 1. The van der Waals surface area contributed by atoms with Crippen LogP contribution in [0, 0.1) is 5.41 Å². The first-order valence-corrected chi connectivity index (χ1v) is 8.34. The van der Waals surface area contributed by atoms with E-state index in [2.05, 4.69) is 36.6 Å². The highest BCUT2D eigenvalue weighted by Gasteiger charge is 2.37. The Morgan fingerprint density at radius 2 is 2.00 bits per heavy atom. The minimum atomic E-state index is 0.318. The molecule has 1 aliphatic rings. The van der Waals surface area contributed by atoms with Gasteiger partial charge < -0.3 is 5.73 Å². The Balaban J connectivity index is 1.84. The predicted octanol–water partition coefficient (Wildman–Crippen LogP) is 4.74. The molecule has 1 heterocycles. The summed E-state index contributed by atoms with van der Waals surface area (Å²) in [7, 11) is 0. The lowest BCUT2D eigenvalue weighted by Crippen LogP contribution is -2.41. The van der Waals surface area contributed by atoms with Crippen molar-refractivity contribution in [1.82, 2.24) is 0 Å². The van der Waals surface area contributed by atoms with Crippen LogP contribution >= 0.6 is 11.3 Å². The summed E-state index contributed by atoms with van der Waals surface area (Å²) in [4.78, 5) is 0. The number of hydrogen-bond donors (Lipinski definition) is 1. The van der Waals surface area contributed by atoms with Gasteiger partial charge in [0.1, 0.15) is 0 Å². The monoisotopic (exact) mass is 273 g/mol. The second-order valence-corrected chi connectivity index (χ2v) is 6.90. The maximum atomic E-state index is 6.61. The summed E-state index contributed by atoms with van der Waals surface area (Å²) >= 11 is 1.85. The molecule has 102 valence electrons. The summed E-state index contributed by atoms with van der Waals surface area (Å²) in [5, 5.41) is 3.72. The van der Waals surface area contributed by atoms with Crippen molar-refractivity contribution in [2.75, 3.05) is 0 Å². The predicted molar refractivity (Wildman–Crippen MR) is 84.7 cm³/mol. The van der Waals surface area contributed by atoms with Gasteiger partial charge in [-0.3, -0.25) is 0 Å². The molecule has 2 heteroatoms. The Morgan fingerprint density at radius 3 is 2.74 bits per heavy atom. The molecule has 3 rings (SSSR count). The zero-order valence-corrected chi connectivity index (χ0v) is 12.5. The standard InChI is InChI=1S/C17H23NS/c1-2-17(9-5-6-10-17)16(18)11-13-12-19-15-8-4-3-7-14(13)15/h3-4,7-8,12,16H,2,5-6,9-11,18H2,1H3. The van der Waals surface area contributed by atoms with Crippen molar-refractivity contribution >= 4 is 21.4 Å². The molecule has 1 unspecified atom stereocenters. The molecular formula is C17H23NS. The van der Waals surface area contributed by atoms with E-state index in [1.54, 1.807) is 0 Å². The molecule has 1 nitrogen and oxygen atoms in total. The molecule has 0 aliphatic heterocycles. The average Bonchev–Trinajstić information content (AvgIpc) is 3.07. The van der Waals surface area contributed by atoms with Gasteiger partial charge >= 0.3 is 0 Å². The van der Waals surface area contributed by atoms with Gasteiger partial charge in [0.05, 0.1) is 0 Å². The third kappa shape index (κ3) is 2.32. The van der Waals surface area contributed by atoms with E-state index in [9.17, 15) is 0 Å². The molecule has 1 aromatic carbocycles. The van der Waals surface area contributed by atoms with Crippen molar-refractivity contribution in [3.63, 3.8) is 0 Å².